The van der Waals surface area contributed by atoms with Gasteiger partial charge < -0.3 is 9.72 Å². The number of hydrogen-bond donors (Lipinski definition) is 1. The molecular weight excluding hydrogens is 350 g/mol. The number of carbonyl (C=O) groups excluding carboxylic acids is 1. The maximum absolute atomic E-state index is 13.0. The molecule has 0 aliphatic heterocycles. The lowest BCUT2D eigenvalue weighted by molar-refractivity contribution is 0.0287. The largest absolute Gasteiger partial charge is 0.459 e. The number of nitrogens with one attached hydrogen (secondary N) is 1. The van der Waals surface area contributed by atoms with Gasteiger partial charge in [-0.25, -0.2) is 4.79 Å². The summed E-state index contributed by atoms with van der Waals surface area (Å²) in [5.74, 6) is -0.504. The zero-order valence-electron chi connectivity index (χ0n) is 14.7. The molecule has 0 saturated heterocycles. The Hall–Kier alpha value is -2.59. The van der Waals surface area contributed by atoms with Gasteiger partial charge in [0.2, 0.25) is 0 Å². The van der Waals surface area contributed by atoms with Gasteiger partial charge in [-0.3, -0.25) is 4.79 Å². The fourth-order valence-corrected chi connectivity index (χ4v) is 3.20. The van der Waals surface area contributed by atoms with Gasteiger partial charge in [-0.2, -0.15) is 0 Å². The fourth-order valence-electron chi connectivity index (χ4n) is 3.02. The molecule has 5 heteroatoms. The molecule has 2 aromatic carbocycles. The summed E-state index contributed by atoms with van der Waals surface area (Å²) in [7, 11) is 0. The molecule has 0 fully saturated rings. The van der Waals surface area contributed by atoms with Crippen molar-refractivity contribution in [3.63, 3.8) is 0 Å². The Bertz CT molecular complexity index is 991. The molecule has 0 aliphatic rings. The third-order valence-electron chi connectivity index (χ3n) is 4.43. The van der Waals surface area contributed by atoms with E-state index in [0.29, 0.717) is 39.9 Å². The second-order valence-corrected chi connectivity index (χ2v) is 6.54. The smallest absolute Gasteiger partial charge is 0.339 e. The third-order valence-corrected chi connectivity index (χ3v) is 4.66. The number of benzene rings is 2. The summed E-state index contributed by atoms with van der Waals surface area (Å²) in [6, 6.07) is 14.2. The number of pyridine rings is 1. The van der Waals surface area contributed by atoms with Crippen LogP contribution in [0, 0.1) is 0 Å². The fraction of sp³-hybridized carbons (Fsp3) is 0.238. The minimum atomic E-state index is -0.504. The highest BCUT2D eigenvalue weighted by atomic mass is 35.5. The van der Waals surface area contributed by atoms with Gasteiger partial charge in [0, 0.05) is 15.9 Å². The zero-order valence-corrected chi connectivity index (χ0v) is 15.5. The number of carbonyl (C=O) groups is 1. The van der Waals surface area contributed by atoms with E-state index < -0.39 is 5.97 Å². The van der Waals surface area contributed by atoms with E-state index in [1.165, 1.54) is 0 Å². The maximum atomic E-state index is 13.0. The zero-order chi connectivity index (χ0) is 18.7. The Labute approximate surface area is 156 Å². The molecule has 0 radical (unpaired) electrons. The molecule has 1 aromatic heterocycles. The third kappa shape index (κ3) is 3.51. The minimum absolute atomic E-state index is 0.195. The van der Waals surface area contributed by atoms with Crippen molar-refractivity contribution in [1.82, 2.24) is 4.98 Å². The van der Waals surface area contributed by atoms with Crippen molar-refractivity contribution in [2.75, 3.05) is 0 Å². The van der Waals surface area contributed by atoms with Crippen LogP contribution in [-0.2, 0) is 4.74 Å². The molecule has 1 N–H and O–H groups in total. The Morgan fingerprint density at radius 2 is 1.81 bits per heavy atom. The minimum Gasteiger partial charge on any atom is -0.459 e. The first-order valence-electron chi connectivity index (χ1n) is 8.67. The van der Waals surface area contributed by atoms with Crippen LogP contribution >= 0.6 is 11.6 Å². The number of ether oxygens (including phenoxy) is 1. The van der Waals surface area contributed by atoms with E-state index in [1.807, 2.05) is 32.0 Å². The molecule has 0 aliphatic carbocycles. The van der Waals surface area contributed by atoms with Crippen LogP contribution in [0.15, 0.2) is 53.3 Å². The first kappa shape index (κ1) is 18.2. The van der Waals surface area contributed by atoms with Gasteiger partial charge in [0.05, 0.1) is 11.1 Å². The van der Waals surface area contributed by atoms with Crippen molar-refractivity contribution >= 4 is 28.5 Å². The SMILES string of the molecule is CCC(CC)OC(=O)c1c(-c2ccccc2)c(=O)[nH]c2ccc(Cl)cc12. The summed E-state index contributed by atoms with van der Waals surface area (Å²) in [5.41, 5.74) is 1.44. The first-order valence-corrected chi connectivity index (χ1v) is 9.04. The number of H-pyrrole nitrogens is 1. The van der Waals surface area contributed by atoms with Crippen LogP contribution in [0.3, 0.4) is 0 Å². The van der Waals surface area contributed by atoms with Crippen molar-refractivity contribution in [1.29, 1.82) is 0 Å². The molecule has 3 aromatic rings. The van der Waals surface area contributed by atoms with E-state index in [9.17, 15) is 9.59 Å². The van der Waals surface area contributed by atoms with E-state index in [-0.39, 0.29) is 17.2 Å². The quantitative estimate of drug-likeness (QED) is 0.629. The van der Waals surface area contributed by atoms with Crippen LogP contribution in [0.4, 0.5) is 0 Å². The second-order valence-electron chi connectivity index (χ2n) is 6.10. The molecule has 4 nitrogen and oxygen atoms in total. The Balaban J connectivity index is 2.30. The number of rotatable bonds is 5. The Morgan fingerprint density at radius 3 is 2.46 bits per heavy atom. The van der Waals surface area contributed by atoms with Crippen molar-refractivity contribution in [2.24, 2.45) is 0 Å². The lowest BCUT2D eigenvalue weighted by atomic mass is 9.97. The van der Waals surface area contributed by atoms with Crippen molar-refractivity contribution < 1.29 is 9.53 Å². The van der Waals surface area contributed by atoms with Crippen LogP contribution in [0.25, 0.3) is 22.0 Å². The summed E-state index contributed by atoms with van der Waals surface area (Å²) >= 11 is 6.15. The van der Waals surface area contributed by atoms with Crippen LogP contribution in [-0.4, -0.2) is 17.1 Å². The highest BCUT2D eigenvalue weighted by molar-refractivity contribution is 6.31. The number of aromatic amines is 1. The van der Waals surface area contributed by atoms with Crippen LogP contribution < -0.4 is 5.56 Å². The van der Waals surface area contributed by atoms with Crippen LogP contribution in [0.5, 0.6) is 0 Å². The van der Waals surface area contributed by atoms with Gasteiger partial charge in [0.25, 0.3) is 5.56 Å². The normalized spacial score (nSPS) is 11.1. The average molecular weight is 370 g/mol. The molecule has 0 bridgehead atoms. The van der Waals surface area contributed by atoms with Gasteiger partial charge in [-0.1, -0.05) is 55.8 Å². The summed E-state index contributed by atoms with van der Waals surface area (Å²) < 4.78 is 5.67. The standard InChI is InChI=1S/C21H20ClNO3/c1-3-15(4-2)26-21(25)19-16-12-14(22)10-11-17(16)23-20(24)18(19)13-8-6-5-7-9-13/h5-12,15H,3-4H2,1-2H3,(H,23,24). The topological polar surface area (TPSA) is 59.2 Å². The lowest BCUT2D eigenvalue weighted by Crippen LogP contribution is -2.21. The summed E-state index contributed by atoms with van der Waals surface area (Å²) in [4.78, 5) is 28.6. The summed E-state index contributed by atoms with van der Waals surface area (Å²) in [6.07, 6.45) is 1.23. The summed E-state index contributed by atoms with van der Waals surface area (Å²) in [6.45, 7) is 3.93. The van der Waals surface area contributed by atoms with E-state index in [1.54, 1.807) is 30.3 Å². The molecule has 26 heavy (non-hydrogen) atoms. The number of aromatic nitrogens is 1. The second kappa shape index (κ2) is 7.75. The van der Waals surface area contributed by atoms with Crippen LogP contribution in [0.2, 0.25) is 5.02 Å². The predicted molar refractivity (Wildman–Crippen MR) is 105 cm³/mol. The molecule has 0 amide bonds. The molecule has 0 atom stereocenters. The number of halogens is 1. The molecule has 3 rings (SSSR count). The van der Waals surface area contributed by atoms with E-state index in [0.717, 1.165) is 0 Å². The average Bonchev–Trinajstić information content (AvgIpc) is 2.65. The van der Waals surface area contributed by atoms with Gasteiger partial charge in [0.15, 0.2) is 0 Å². The van der Waals surface area contributed by atoms with Gasteiger partial charge in [0.1, 0.15) is 6.10 Å². The van der Waals surface area contributed by atoms with Gasteiger partial charge in [-0.15, -0.1) is 0 Å². The predicted octanol–water partition coefficient (Wildman–Crippen LogP) is 5.19. The number of fused-ring (bicyclic) bond motifs is 1. The van der Waals surface area contributed by atoms with Crippen molar-refractivity contribution in [2.45, 2.75) is 32.8 Å². The molecule has 0 saturated carbocycles. The monoisotopic (exact) mass is 369 g/mol. The molecule has 134 valence electrons. The van der Waals surface area contributed by atoms with E-state index in [2.05, 4.69) is 4.98 Å². The van der Waals surface area contributed by atoms with Crippen molar-refractivity contribution in [3.05, 3.63) is 69.5 Å². The van der Waals surface area contributed by atoms with Gasteiger partial charge >= 0.3 is 5.97 Å². The van der Waals surface area contributed by atoms with Gasteiger partial charge in [-0.05, 0) is 36.6 Å². The number of hydrogen-bond acceptors (Lipinski definition) is 3. The highest BCUT2D eigenvalue weighted by Crippen LogP contribution is 2.29. The number of esters is 1. The lowest BCUT2D eigenvalue weighted by Gasteiger charge is -2.17. The molecule has 0 unspecified atom stereocenters. The molecular formula is C21H20ClNO3. The summed E-state index contributed by atoms with van der Waals surface area (Å²) in [5, 5.41) is 1.06. The molecule has 0 spiro atoms. The van der Waals surface area contributed by atoms with E-state index in [4.69, 9.17) is 16.3 Å². The first-order chi connectivity index (χ1) is 12.5. The van der Waals surface area contributed by atoms with Crippen LogP contribution in [0.1, 0.15) is 37.0 Å². The molecule has 1 heterocycles. The Kier molecular flexibility index (Phi) is 5.43. The highest BCUT2D eigenvalue weighted by Gasteiger charge is 2.23. The van der Waals surface area contributed by atoms with E-state index >= 15 is 0 Å². The van der Waals surface area contributed by atoms with Crippen molar-refractivity contribution in [3.8, 4) is 11.1 Å². The Morgan fingerprint density at radius 1 is 1.12 bits per heavy atom. The maximum Gasteiger partial charge on any atom is 0.339 e.